The summed E-state index contributed by atoms with van der Waals surface area (Å²) in [5, 5.41) is 3.54. The minimum absolute atomic E-state index is 0.994. The molecule has 1 aliphatic carbocycles. The van der Waals surface area contributed by atoms with Gasteiger partial charge < -0.3 is 10.2 Å². The molecule has 1 heterocycles. The Morgan fingerprint density at radius 3 is 2.83 bits per heavy atom. The average Bonchev–Trinajstić information content (AvgIpc) is 2.84. The van der Waals surface area contributed by atoms with Gasteiger partial charge in [-0.15, -0.1) is 0 Å². The second kappa shape index (κ2) is 5.64. The Kier molecular flexibility index (Phi) is 3.72. The quantitative estimate of drug-likeness (QED) is 0.867. The Bertz CT molecular complexity index is 382. The molecule has 3 rings (SSSR count). The summed E-state index contributed by atoms with van der Waals surface area (Å²) in [5.41, 5.74) is 2.73. The largest absolute Gasteiger partial charge is 0.383 e. The first-order valence-corrected chi connectivity index (χ1v) is 7.51. The molecule has 2 heteroatoms. The molecule has 1 aromatic carbocycles. The van der Waals surface area contributed by atoms with Crippen LogP contribution in [0, 0.1) is 5.92 Å². The second-order valence-electron chi connectivity index (χ2n) is 5.72. The fourth-order valence-electron chi connectivity index (χ4n) is 3.38. The van der Waals surface area contributed by atoms with Gasteiger partial charge in [-0.05, 0) is 30.9 Å². The fourth-order valence-corrected chi connectivity index (χ4v) is 3.38. The van der Waals surface area contributed by atoms with E-state index in [0.717, 1.165) is 12.5 Å². The molecule has 2 nitrogen and oxygen atoms in total. The summed E-state index contributed by atoms with van der Waals surface area (Å²) in [5.74, 6) is 0.994. The van der Waals surface area contributed by atoms with Crippen molar-refractivity contribution in [2.24, 2.45) is 5.92 Å². The Balaban J connectivity index is 1.67. The molecule has 1 saturated carbocycles. The van der Waals surface area contributed by atoms with Crippen molar-refractivity contribution < 1.29 is 0 Å². The summed E-state index contributed by atoms with van der Waals surface area (Å²) < 4.78 is 0. The van der Waals surface area contributed by atoms with Crippen LogP contribution in [-0.2, 0) is 0 Å². The molecular weight excluding hydrogens is 220 g/mol. The number of rotatable bonds is 3. The SMILES string of the molecule is c1ccc2c(c1)NCCCN2CCC1CCCC1. The first kappa shape index (κ1) is 11.9. The van der Waals surface area contributed by atoms with Gasteiger partial charge in [0.25, 0.3) is 0 Å². The van der Waals surface area contributed by atoms with Crippen LogP contribution in [0.25, 0.3) is 0 Å². The van der Waals surface area contributed by atoms with Crippen molar-refractivity contribution in [3.8, 4) is 0 Å². The van der Waals surface area contributed by atoms with Crippen LogP contribution in [0.1, 0.15) is 38.5 Å². The normalized spacial score (nSPS) is 20.3. The molecule has 0 saturated heterocycles. The maximum Gasteiger partial charge on any atom is 0.0602 e. The number of benzene rings is 1. The molecule has 1 aliphatic heterocycles. The van der Waals surface area contributed by atoms with E-state index in [1.807, 2.05) is 0 Å². The zero-order chi connectivity index (χ0) is 12.2. The van der Waals surface area contributed by atoms with Gasteiger partial charge in [0.2, 0.25) is 0 Å². The summed E-state index contributed by atoms with van der Waals surface area (Å²) >= 11 is 0. The lowest BCUT2D eigenvalue weighted by atomic mass is 10.0. The molecule has 0 atom stereocenters. The van der Waals surface area contributed by atoms with Gasteiger partial charge in [0.05, 0.1) is 11.4 Å². The van der Waals surface area contributed by atoms with E-state index >= 15 is 0 Å². The van der Waals surface area contributed by atoms with E-state index in [4.69, 9.17) is 0 Å². The standard InChI is InChI=1S/C16H24N2/c1-2-7-14(6-1)10-13-18-12-5-11-17-15-8-3-4-9-16(15)18/h3-4,8-9,14,17H,1-2,5-7,10-13H2. The maximum atomic E-state index is 3.54. The van der Waals surface area contributed by atoms with E-state index in [1.165, 1.54) is 63.0 Å². The van der Waals surface area contributed by atoms with Crippen molar-refractivity contribution in [3.63, 3.8) is 0 Å². The number of para-hydroxylation sites is 2. The van der Waals surface area contributed by atoms with Crippen molar-refractivity contribution in [1.82, 2.24) is 0 Å². The molecule has 1 aromatic rings. The number of anilines is 2. The van der Waals surface area contributed by atoms with Crippen LogP contribution < -0.4 is 10.2 Å². The second-order valence-corrected chi connectivity index (χ2v) is 5.72. The van der Waals surface area contributed by atoms with E-state index in [2.05, 4.69) is 34.5 Å². The number of hydrogen-bond acceptors (Lipinski definition) is 2. The lowest BCUT2D eigenvalue weighted by Gasteiger charge is -2.25. The fraction of sp³-hybridized carbons (Fsp3) is 0.625. The van der Waals surface area contributed by atoms with E-state index < -0.39 is 0 Å². The van der Waals surface area contributed by atoms with Crippen molar-refractivity contribution in [3.05, 3.63) is 24.3 Å². The summed E-state index contributed by atoms with van der Waals surface area (Å²) in [6.07, 6.45) is 8.49. The number of fused-ring (bicyclic) bond motifs is 1. The zero-order valence-corrected chi connectivity index (χ0v) is 11.2. The average molecular weight is 244 g/mol. The molecule has 1 fully saturated rings. The third kappa shape index (κ3) is 2.63. The van der Waals surface area contributed by atoms with Gasteiger partial charge in [-0.25, -0.2) is 0 Å². The molecule has 0 spiro atoms. The van der Waals surface area contributed by atoms with Gasteiger partial charge in [0, 0.05) is 19.6 Å². The van der Waals surface area contributed by atoms with E-state index in [9.17, 15) is 0 Å². The lowest BCUT2D eigenvalue weighted by molar-refractivity contribution is 0.498. The van der Waals surface area contributed by atoms with Crippen LogP contribution >= 0.6 is 0 Å². The Labute approximate surface area is 110 Å². The third-order valence-corrected chi connectivity index (χ3v) is 4.45. The van der Waals surface area contributed by atoms with Crippen LogP contribution in [0.2, 0.25) is 0 Å². The van der Waals surface area contributed by atoms with E-state index in [1.54, 1.807) is 0 Å². The topological polar surface area (TPSA) is 15.3 Å². The van der Waals surface area contributed by atoms with Crippen LogP contribution in [0.5, 0.6) is 0 Å². The molecule has 98 valence electrons. The summed E-state index contributed by atoms with van der Waals surface area (Å²) in [7, 11) is 0. The molecular formula is C16H24N2. The van der Waals surface area contributed by atoms with Gasteiger partial charge in [0.1, 0.15) is 0 Å². The number of nitrogens with one attached hydrogen (secondary N) is 1. The first-order chi connectivity index (χ1) is 8.93. The van der Waals surface area contributed by atoms with E-state index in [-0.39, 0.29) is 0 Å². The van der Waals surface area contributed by atoms with Gasteiger partial charge in [-0.1, -0.05) is 37.8 Å². The Morgan fingerprint density at radius 1 is 1.11 bits per heavy atom. The summed E-state index contributed by atoms with van der Waals surface area (Å²) in [6, 6.07) is 8.77. The minimum atomic E-state index is 0.994. The van der Waals surface area contributed by atoms with Gasteiger partial charge >= 0.3 is 0 Å². The molecule has 2 aliphatic rings. The number of nitrogens with zero attached hydrogens (tertiary/aromatic N) is 1. The van der Waals surface area contributed by atoms with Crippen molar-refractivity contribution in [1.29, 1.82) is 0 Å². The molecule has 18 heavy (non-hydrogen) atoms. The van der Waals surface area contributed by atoms with Crippen LogP contribution in [0.3, 0.4) is 0 Å². The molecule has 0 bridgehead atoms. The van der Waals surface area contributed by atoms with Crippen LogP contribution in [-0.4, -0.2) is 19.6 Å². The molecule has 0 amide bonds. The van der Waals surface area contributed by atoms with Gasteiger partial charge in [-0.3, -0.25) is 0 Å². The minimum Gasteiger partial charge on any atom is -0.383 e. The van der Waals surface area contributed by atoms with Gasteiger partial charge in [0.15, 0.2) is 0 Å². The third-order valence-electron chi connectivity index (χ3n) is 4.45. The predicted octanol–water partition coefficient (Wildman–Crippen LogP) is 3.89. The highest BCUT2D eigenvalue weighted by Crippen LogP contribution is 2.31. The molecule has 0 aromatic heterocycles. The highest BCUT2D eigenvalue weighted by molar-refractivity contribution is 5.70. The van der Waals surface area contributed by atoms with Crippen molar-refractivity contribution in [2.75, 3.05) is 29.9 Å². The molecule has 0 unspecified atom stereocenters. The van der Waals surface area contributed by atoms with Crippen LogP contribution in [0.4, 0.5) is 11.4 Å². The highest BCUT2D eigenvalue weighted by atomic mass is 15.2. The monoisotopic (exact) mass is 244 g/mol. The Morgan fingerprint density at radius 2 is 1.94 bits per heavy atom. The van der Waals surface area contributed by atoms with Crippen molar-refractivity contribution >= 4 is 11.4 Å². The summed E-state index contributed by atoms with van der Waals surface area (Å²) in [4.78, 5) is 2.59. The predicted molar refractivity (Wildman–Crippen MR) is 78.3 cm³/mol. The van der Waals surface area contributed by atoms with Crippen LogP contribution in [0.15, 0.2) is 24.3 Å². The molecule has 1 N–H and O–H groups in total. The zero-order valence-electron chi connectivity index (χ0n) is 11.2. The first-order valence-electron chi connectivity index (χ1n) is 7.51. The van der Waals surface area contributed by atoms with Crippen molar-refractivity contribution in [2.45, 2.75) is 38.5 Å². The van der Waals surface area contributed by atoms with E-state index in [0.29, 0.717) is 0 Å². The lowest BCUT2D eigenvalue weighted by Crippen LogP contribution is -2.26. The summed E-state index contributed by atoms with van der Waals surface area (Å²) in [6.45, 7) is 3.55. The molecule has 0 radical (unpaired) electrons. The highest BCUT2D eigenvalue weighted by Gasteiger charge is 2.18. The number of hydrogen-bond donors (Lipinski definition) is 1. The smallest absolute Gasteiger partial charge is 0.0602 e. The van der Waals surface area contributed by atoms with Gasteiger partial charge in [-0.2, -0.15) is 0 Å². The Hall–Kier alpha value is -1.18. The maximum absolute atomic E-state index is 3.54.